The molecule has 0 aromatic heterocycles. The van der Waals surface area contributed by atoms with Crippen LogP contribution in [0.3, 0.4) is 0 Å². The normalized spacial score (nSPS) is 21.5. The van der Waals surface area contributed by atoms with Gasteiger partial charge in [-0.1, -0.05) is 36.8 Å². The molecule has 0 spiro atoms. The summed E-state index contributed by atoms with van der Waals surface area (Å²) in [6.45, 7) is 5.35. The van der Waals surface area contributed by atoms with Crippen molar-refractivity contribution in [2.24, 2.45) is 5.41 Å². The number of benzene rings is 1. The van der Waals surface area contributed by atoms with Crippen LogP contribution in [-0.4, -0.2) is 55.4 Å². The molecule has 24 heavy (non-hydrogen) atoms. The maximum absolute atomic E-state index is 12.3. The summed E-state index contributed by atoms with van der Waals surface area (Å²) in [5, 5.41) is 12.4. The molecule has 2 amide bonds. The van der Waals surface area contributed by atoms with Gasteiger partial charge in [-0.25, -0.2) is 4.79 Å². The fourth-order valence-corrected chi connectivity index (χ4v) is 3.12. The third kappa shape index (κ3) is 4.06. The van der Waals surface area contributed by atoms with E-state index in [0.717, 1.165) is 0 Å². The molecular formula is C18H26N2O4. The Bertz CT molecular complexity index is 604. The van der Waals surface area contributed by atoms with Crippen LogP contribution in [0.2, 0.25) is 0 Å². The van der Waals surface area contributed by atoms with Crippen LogP contribution in [-0.2, 0) is 9.53 Å². The fourth-order valence-electron chi connectivity index (χ4n) is 3.12. The molecule has 132 valence electrons. The van der Waals surface area contributed by atoms with E-state index in [1.165, 1.54) is 18.2 Å². The molecule has 2 atom stereocenters. The SMILES string of the molecule is COCC1(C(=O)O)CCN(C(=O)NCC(C)c2cccc(C)c2)C1. The number of aliphatic carboxylic acids is 1. The molecule has 0 bridgehead atoms. The minimum absolute atomic E-state index is 0.117. The fraction of sp³-hybridized carbons (Fsp3) is 0.556. The van der Waals surface area contributed by atoms with Crippen LogP contribution in [0.5, 0.6) is 0 Å². The summed E-state index contributed by atoms with van der Waals surface area (Å²) in [6, 6.07) is 8.00. The first-order chi connectivity index (χ1) is 11.4. The standard InChI is InChI=1S/C18H26N2O4/c1-13-5-4-6-15(9-13)14(2)10-19-17(23)20-8-7-18(11-20,12-24-3)16(21)22/h4-6,9,14H,7-8,10-12H2,1-3H3,(H,19,23)(H,21,22). The van der Waals surface area contributed by atoms with E-state index in [2.05, 4.69) is 18.3 Å². The van der Waals surface area contributed by atoms with Crippen molar-refractivity contribution in [2.45, 2.75) is 26.2 Å². The lowest BCUT2D eigenvalue weighted by Gasteiger charge is -2.24. The summed E-state index contributed by atoms with van der Waals surface area (Å²) >= 11 is 0. The van der Waals surface area contributed by atoms with Gasteiger partial charge in [-0.3, -0.25) is 4.79 Å². The van der Waals surface area contributed by atoms with Crippen molar-refractivity contribution in [3.63, 3.8) is 0 Å². The Morgan fingerprint density at radius 3 is 2.83 bits per heavy atom. The van der Waals surface area contributed by atoms with E-state index in [0.29, 0.717) is 19.5 Å². The summed E-state index contributed by atoms with van der Waals surface area (Å²) in [5.41, 5.74) is 1.38. The Morgan fingerprint density at radius 2 is 2.21 bits per heavy atom. The van der Waals surface area contributed by atoms with E-state index in [1.807, 2.05) is 25.1 Å². The predicted molar refractivity (Wildman–Crippen MR) is 91.1 cm³/mol. The van der Waals surface area contributed by atoms with Crippen LogP contribution in [0.4, 0.5) is 4.79 Å². The number of aryl methyl sites for hydroxylation is 1. The van der Waals surface area contributed by atoms with Crippen LogP contribution in [0.25, 0.3) is 0 Å². The highest BCUT2D eigenvalue weighted by atomic mass is 16.5. The average Bonchev–Trinajstić information content (AvgIpc) is 2.98. The monoisotopic (exact) mass is 334 g/mol. The van der Waals surface area contributed by atoms with Crippen LogP contribution < -0.4 is 5.32 Å². The number of hydrogen-bond donors (Lipinski definition) is 2. The van der Waals surface area contributed by atoms with Gasteiger partial charge < -0.3 is 20.1 Å². The second kappa shape index (κ2) is 7.66. The number of methoxy groups -OCH3 is 1. The first-order valence-electron chi connectivity index (χ1n) is 8.19. The lowest BCUT2D eigenvalue weighted by atomic mass is 9.88. The Kier molecular flexibility index (Phi) is 5.83. The van der Waals surface area contributed by atoms with E-state index < -0.39 is 11.4 Å². The van der Waals surface area contributed by atoms with Gasteiger partial charge in [0, 0.05) is 26.7 Å². The van der Waals surface area contributed by atoms with Gasteiger partial charge in [-0.05, 0) is 24.8 Å². The molecule has 2 unspecified atom stereocenters. The van der Waals surface area contributed by atoms with Gasteiger partial charge in [0.1, 0.15) is 5.41 Å². The number of carbonyl (C=O) groups excluding carboxylic acids is 1. The number of likely N-dealkylation sites (tertiary alicyclic amines) is 1. The molecular weight excluding hydrogens is 308 g/mol. The Labute approximate surface area is 142 Å². The highest BCUT2D eigenvalue weighted by molar-refractivity contribution is 5.80. The minimum atomic E-state index is -0.992. The summed E-state index contributed by atoms with van der Waals surface area (Å²) < 4.78 is 5.05. The van der Waals surface area contributed by atoms with Crippen molar-refractivity contribution in [1.82, 2.24) is 10.2 Å². The van der Waals surface area contributed by atoms with Crippen molar-refractivity contribution in [3.8, 4) is 0 Å². The molecule has 0 saturated carbocycles. The molecule has 2 rings (SSSR count). The molecule has 1 aromatic rings. The third-order valence-electron chi connectivity index (χ3n) is 4.69. The number of urea groups is 1. The maximum atomic E-state index is 12.3. The molecule has 1 aliphatic rings. The van der Waals surface area contributed by atoms with Gasteiger partial charge in [0.2, 0.25) is 0 Å². The lowest BCUT2D eigenvalue weighted by molar-refractivity contribution is -0.151. The number of carboxylic acids is 1. The maximum Gasteiger partial charge on any atom is 0.317 e. The molecule has 6 nitrogen and oxygen atoms in total. The summed E-state index contributed by atoms with van der Waals surface area (Å²) in [5.74, 6) is -0.715. The lowest BCUT2D eigenvalue weighted by Crippen LogP contribution is -2.44. The molecule has 2 N–H and O–H groups in total. The summed E-state index contributed by atoms with van der Waals surface area (Å²) in [7, 11) is 1.48. The molecule has 0 radical (unpaired) electrons. The van der Waals surface area contributed by atoms with Gasteiger partial charge in [-0.2, -0.15) is 0 Å². The van der Waals surface area contributed by atoms with Gasteiger partial charge in [0.05, 0.1) is 6.61 Å². The van der Waals surface area contributed by atoms with E-state index in [9.17, 15) is 14.7 Å². The van der Waals surface area contributed by atoms with E-state index in [-0.39, 0.29) is 25.1 Å². The Hall–Kier alpha value is -2.08. The van der Waals surface area contributed by atoms with Crippen LogP contribution >= 0.6 is 0 Å². The molecule has 1 fully saturated rings. The highest BCUT2D eigenvalue weighted by Gasteiger charge is 2.46. The van der Waals surface area contributed by atoms with E-state index in [1.54, 1.807) is 4.90 Å². The number of carbonyl (C=O) groups is 2. The zero-order valence-corrected chi connectivity index (χ0v) is 14.5. The van der Waals surface area contributed by atoms with Crippen molar-refractivity contribution >= 4 is 12.0 Å². The second-order valence-electron chi connectivity index (χ2n) is 6.69. The molecule has 6 heteroatoms. The second-order valence-corrected chi connectivity index (χ2v) is 6.69. The predicted octanol–water partition coefficient (Wildman–Crippen LogP) is 2.23. The summed E-state index contributed by atoms with van der Waals surface area (Å²) in [4.78, 5) is 25.4. The number of amides is 2. The van der Waals surface area contributed by atoms with Crippen LogP contribution in [0.15, 0.2) is 24.3 Å². The van der Waals surface area contributed by atoms with Gasteiger partial charge in [0.15, 0.2) is 0 Å². The Balaban J connectivity index is 1.90. The van der Waals surface area contributed by atoms with Crippen molar-refractivity contribution in [3.05, 3.63) is 35.4 Å². The summed E-state index contributed by atoms with van der Waals surface area (Å²) in [6.07, 6.45) is 0.414. The van der Waals surface area contributed by atoms with Crippen LogP contribution in [0.1, 0.15) is 30.4 Å². The number of nitrogens with zero attached hydrogens (tertiary/aromatic N) is 1. The number of ether oxygens (including phenoxy) is 1. The first kappa shape index (κ1) is 18.3. The zero-order valence-electron chi connectivity index (χ0n) is 14.5. The van der Waals surface area contributed by atoms with Gasteiger partial charge >= 0.3 is 12.0 Å². The molecule has 1 saturated heterocycles. The van der Waals surface area contributed by atoms with E-state index >= 15 is 0 Å². The largest absolute Gasteiger partial charge is 0.481 e. The minimum Gasteiger partial charge on any atom is -0.481 e. The topological polar surface area (TPSA) is 78.9 Å². The van der Waals surface area contributed by atoms with Gasteiger partial charge in [-0.15, -0.1) is 0 Å². The Morgan fingerprint density at radius 1 is 1.46 bits per heavy atom. The number of carboxylic acid groups (broad SMARTS) is 1. The number of hydrogen-bond acceptors (Lipinski definition) is 3. The van der Waals surface area contributed by atoms with Crippen LogP contribution in [0, 0.1) is 12.3 Å². The zero-order chi connectivity index (χ0) is 17.7. The van der Waals surface area contributed by atoms with Crippen molar-refractivity contribution in [2.75, 3.05) is 33.4 Å². The first-order valence-corrected chi connectivity index (χ1v) is 8.19. The highest BCUT2D eigenvalue weighted by Crippen LogP contribution is 2.31. The smallest absolute Gasteiger partial charge is 0.317 e. The quantitative estimate of drug-likeness (QED) is 0.836. The molecule has 1 heterocycles. The molecule has 1 aromatic carbocycles. The van der Waals surface area contributed by atoms with Crippen molar-refractivity contribution in [1.29, 1.82) is 0 Å². The molecule has 1 aliphatic heterocycles. The van der Waals surface area contributed by atoms with Gasteiger partial charge in [0.25, 0.3) is 0 Å². The number of rotatable bonds is 6. The number of nitrogens with one attached hydrogen (secondary N) is 1. The average molecular weight is 334 g/mol. The third-order valence-corrected chi connectivity index (χ3v) is 4.69. The van der Waals surface area contributed by atoms with E-state index in [4.69, 9.17) is 4.74 Å². The molecule has 0 aliphatic carbocycles. The van der Waals surface area contributed by atoms with Crippen molar-refractivity contribution < 1.29 is 19.4 Å².